The van der Waals surface area contributed by atoms with Gasteiger partial charge >= 0.3 is 12.1 Å². The second kappa shape index (κ2) is 13.2. The molecular weight excluding hydrogens is 587 g/mol. The van der Waals surface area contributed by atoms with Crippen molar-refractivity contribution in [2.45, 2.75) is 44.9 Å². The Kier molecular flexibility index (Phi) is 9.65. The number of aryl methyl sites for hydroxylation is 1. The molecule has 2 N–H and O–H groups in total. The molecule has 2 aromatic heterocycles. The molecule has 0 saturated heterocycles. The zero-order valence-corrected chi connectivity index (χ0v) is 24.2. The Morgan fingerprint density at radius 3 is 2.34 bits per heavy atom. The molecule has 0 aliphatic heterocycles. The quantitative estimate of drug-likeness (QED) is 0.163. The summed E-state index contributed by atoms with van der Waals surface area (Å²) in [6.45, 7) is 3.09. The van der Waals surface area contributed by atoms with E-state index in [0.29, 0.717) is 45.6 Å². The first-order valence-corrected chi connectivity index (χ1v) is 13.5. The minimum Gasteiger partial charge on any atom is -0.494 e. The third-order valence-electron chi connectivity index (χ3n) is 6.96. The molecule has 4 aromatic rings. The number of ether oxygens (including phenoxy) is 2. The number of amides is 1. The van der Waals surface area contributed by atoms with Crippen LogP contribution < -0.4 is 15.4 Å². The molecule has 4 rings (SSSR count). The van der Waals surface area contributed by atoms with Crippen LogP contribution in [-0.4, -0.2) is 54.3 Å². The summed E-state index contributed by atoms with van der Waals surface area (Å²) in [6, 6.07) is 8.20. The number of halogens is 5. The van der Waals surface area contributed by atoms with Gasteiger partial charge in [0.15, 0.2) is 0 Å². The van der Waals surface area contributed by atoms with Gasteiger partial charge < -0.3 is 20.1 Å². The number of pyridine rings is 2. The van der Waals surface area contributed by atoms with Crippen molar-refractivity contribution in [1.29, 1.82) is 0 Å². The lowest BCUT2D eigenvalue weighted by Crippen LogP contribution is -2.43. The molecule has 0 saturated carbocycles. The standard InChI is InChI=1S/C31H29F5N4O4/c1-5-25(31(34,35)36)39-18-14-21(32)26(22(33)15-18)29(41)40-23(30(42)44-4)13-17-9-10-20(27-19(17)7-6-12-37-27)28-24(43-3)11-8-16(2)38-28/h6-12,14-15,23,25,39H,5,13H2,1-4H3,(H,40,41)/t23-,25+/m0/s1. The van der Waals surface area contributed by atoms with E-state index in [1.807, 2.05) is 12.2 Å². The van der Waals surface area contributed by atoms with Gasteiger partial charge in [-0.05, 0) is 49.2 Å². The van der Waals surface area contributed by atoms with Crippen molar-refractivity contribution in [2.24, 2.45) is 0 Å². The van der Waals surface area contributed by atoms with Crippen molar-refractivity contribution in [3.8, 4) is 17.0 Å². The summed E-state index contributed by atoms with van der Waals surface area (Å²) in [6.07, 6.45) is -3.62. The number of fused-ring (bicyclic) bond motifs is 1. The summed E-state index contributed by atoms with van der Waals surface area (Å²) in [5.41, 5.74) is 1.46. The first-order valence-electron chi connectivity index (χ1n) is 13.5. The maximum atomic E-state index is 14.9. The normalized spacial score (nSPS) is 12.8. The Morgan fingerprint density at radius 1 is 1.02 bits per heavy atom. The summed E-state index contributed by atoms with van der Waals surface area (Å²) in [5, 5.41) is 4.94. The highest BCUT2D eigenvalue weighted by Crippen LogP contribution is 2.34. The van der Waals surface area contributed by atoms with Crippen molar-refractivity contribution in [3.63, 3.8) is 0 Å². The fourth-order valence-electron chi connectivity index (χ4n) is 4.78. The van der Waals surface area contributed by atoms with Gasteiger partial charge in [0.1, 0.15) is 40.7 Å². The van der Waals surface area contributed by atoms with E-state index in [9.17, 15) is 31.5 Å². The molecule has 1 amide bonds. The number of carbonyl (C=O) groups is 2. The molecule has 0 radical (unpaired) electrons. The minimum absolute atomic E-state index is 0.147. The van der Waals surface area contributed by atoms with Gasteiger partial charge in [0, 0.05) is 34.9 Å². The van der Waals surface area contributed by atoms with Crippen molar-refractivity contribution in [1.82, 2.24) is 15.3 Å². The van der Waals surface area contributed by atoms with Crippen LogP contribution in [-0.2, 0) is 16.0 Å². The van der Waals surface area contributed by atoms with Gasteiger partial charge in [-0.15, -0.1) is 0 Å². The van der Waals surface area contributed by atoms with Crippen LogP contribution in [0.3, 0.4) is 0 Å². The number of hydrogen-bond donors (Lipinski definition) is 2. The van der Waals surface area contributed by atoms with Crippen molar-refractivity contribution in [2.75, 3.05) is 19.5 Å². The topological polar surface area (TPSA) is 102 Å². The van der Waals surface area contributed by atoms with E-state index in [1.54, 1.807) is 42.6 Å². The van der Waals surface area contributed by atoms with Gasteiger partial charge in [0.25, 0.3) is 5.91 Å². The molecular formula is C31H29F5N4O4. The fraction of sp³-hybridized carbons (Fsp3) is 0.290. The zero-order chi connectivity index (χ0) is 32.2. The molecule has 0 spiro atoms. The number of alkyl halides is 3. The van der Waals surface area contributed by atoms with Crippen LogP contribution in [0.2, 0.25) is 0 Å². The average molecular weight is 617 g/mol. The van der Waals surface area contributed by atoms with Gasteiger partial charge in [-0.1, -0.05) is 25.1 Å². The van der Waals surface area contributed by atoms with Gasteiger partial charge in [-0.25, -0.2) is 18.6 Å². The number of rotatable bonds is 10. The van der Waals surface area contributed by atoms with Crippen LogP contribution in [0.5, 0.6) is 5.75 Å². The molecule has 2 atom stereocenters. The van der Waals surface area contributed by atoms with Crippen LogP contribution in [0.15, 0.2) is 54.7 Å². The molecule has 8 nitrogen and oxygen atoms in total. The molecule has 44 heavy (non-hydrogen) atoms. The zero-order valence-electron chi connectivity index (χ0n) is 24.2. The van der Waals surface area contributed by atoms with Crippen LogP contribution in [0.1, 0.15) is 35.0 Å². The van der Waals surface area contributed by atoms with Crippen molar-refractivity contribution >= 4 is 28.5 Å². The van der Waals surface area contributed by atoms with E-state index in [0.717, 1.165) is 12.8 Å². The third kappa shape index (κ3) is 6.87. The Morgan fingerprint density at radius 2 is 1.73 bits per heavy atom. The third-order valence-corrected chi connectivity index (χ3v) is 6.96. The molecule has 2 heterocycles. The van der Waals surface area contributed by atoms with E-state index in [-0.39, 0.29) is 6.42 Å². The van der Waals surface area contributed by atoms with E-state index < -0.39 is 59.4 Å². The highest BCUT2D eigenvalue weighted by Gasteiger charge is 2.38. The number of carbonyl (C=O) groups excluding carboxylic acids is 2. The summed E-state index contributed by atoms with van der Waals surface area (Å²) in [5.74, 6) is -4.49. The van der Waals surface area contributed by atoms with Crippen LogP contribution >= 0.6 is 0 Å². The fourth-order valence-corrected chi connectivity index (χ4v) is 4.78. The van der Waals surface area contributed by atoms with Crippen molar-refractivity contribution in [3.05, 3.63) is 83.2 Å². The smallest absolute Gasteiger partial charge is 0.408 e. The Bertz CT molecular complexity index is 1670. The van der Waals surface area contributed by atoms with E-state index in [4.69, 9.17) is 9.47 Å². The largest absolute Gasteiger partial charge is 0.494 e. The summed E-state index contributed by atoms with van der Waals surface area (Å²) in [4.78, 5) is 34.8. The van der Waals surface area contributed by atoms with Gasteiger partial charge in [-0.2, -0.15) is 13.2 Å². The number of esters is 1. The molecule has 0 fully saturated rings. The van der Waals surface area contributed by atoms with Gasteiger partial charge in [0.2, 0.25) is 0 Å². The predicted molar refractivity (Wildman–Crippen MR) is 153 cm³/mol. The lowest BCUT2D eigenvalue weighted by Gasteiger charge is -2.22. The summed E-state index contributed by atoms with van der Waals surface area (Å²) < 4.78 is 79.5. The SMILES string of the molecule is CC[C@@H](Nc1cc(F)c(C(=O)N[C@@H](Cc2ccc(-c3nc(C)ccc3OC)c3ncccc23)C(=O)OC)c(F)c1)C(F)(F)F. The predicted octanol–water partition coefficient (Wildman–Crippen LogP) is 6.16. The average Bonchev–Trinajstić information content (AvgIpc) is 2.98. The number of aromatic nitrogens is 2. The summed E-state index contributed by atoms with van der Waals surface area (Å²) in [7, 11) is 2.61. The molecule has 232 valence electrons. The maximum Gasteiger partial charge on any atom is 0.408 e. The van der Waals surface area contributed by atoms with Gasteiger partial charge in [0.05, 0.1) is 19.7 Å². The number of anilines is 1. The van der Waals surface area contributed by atoms with Crippen molar-refractivity contribution < 1.29 is 41.0 Å². The lowest BCUT2D eigenvalue weighted by molar-refractivity contribution is -0.143. The molecule has 0 aliphatic carbocycles. The molecule has 0 unspecified atom stereocenters. The van der Waals surface area contributed by atoms with E-state index >= 15 is 0 Å². The number of nitrogens with one attached hydrogen (secondary N) is 2. The number of benzene rings is 2. The Balaban J connectivity index is 1.66. The van der Waals surface area contributed by atoms with E-state index in [2.05, 4.69) is 15.3 Å². The maximum absolute atomic E-state index is 14.9. The number of methoxy groups -OCH3 is 2. The van der Waals surface area contributed by atoms with E-state index in [1.165, 1.54) is 14.0 Å². The van der Waals surface area contributed by atoms with Crippen LogP contribution in [0.25, 0.3) is 22.2 Å². The molecule has 0 aliphatic rings. The highest BCUT2D eigenvalue weighted by atomic mass is 19.4. The minimum atomic E-state index is -4.66. The van der Waals surface area contributed by atoms with Crippen LogP contribution in [0.4, 0.5) is 27.6 Å². The monoisotopic (exact) mass is 616 g/mol. The molecule has 2 aromatic carbocycles. The molecule has 0 bridgehead atoms. The molecule has 13 heteroatoms. The first kappa shape index (κ1) is 32.1. The first-order chi connectivity index (χ1) is 20.9. The highest BCUT2D eigenvalue weighted by molar-refractivity contribution is 5.99. The second-order valence-electron chi connectivity index (χ2n) is 9.89. The summed E-state index contributed by atoms with van der Waals surface area (Å²) >= 11 is 0. The number of hydrogen-bond acceptors (Lipinski definition) is 7. The lowest BCUT2D eigenvalue weighted by atomic mass is 9.96. The second-order valence-corrected chi connectivity index (χ2v) is 9.89. The number of nitrogens with zero attached hydrogens (tertiary/aromatic N) is 2. The van der Waals surface area contributed by atoms with Gasteiger partial charge in [-0.3, -0.25) is 9.78 Å². The Hall–Kier alpha value is -4.81. The van der Waals surface area contributed by atoms with Crippen LogP contribution in [0, 0.1) is 18.6 Å². The Labute approximate surface area is 249 Å².